The summed E-state index contributed by atoms with van der Waals surface area (Å²) in [5.74, 6) is -1.08. The maximum absolute atomic E-state index is 13.7. The molecule has 0 saturated carbocycles. The minimum atomic E-state index is -0.567. The van der Waals surface area contributed by atoms with Crippen molar-refractivity contribution < 1.29 is 9.18 Å². The van der Waals surface area contributed by atoms with Gasteiger partial charge in [0.25, 0.3) is 5.91 Å². The van der Waals surface area contributed by atoms with Gasteiger partial charge in [-0.15, -0.1) is 0 Å². The second-order valence-corrected chi connectivity index (χ2v) is 7.53. The average Bonchev–Trinajstić information content (AvgIpc) is 2.69. The third-order valence-corrected chi connectivity index (χ3v) is 4.60. The van der Waals surface area contributed by atoms with Crippen LogP contribution < -0.4 is 20.9 Å². The predicted octanol–water partition coefficient (Wildman–Crippen LogP) is 5.61. The standard InChI is InChI=1S/C22H20ClFN4OS/c1-28(2)18-12-14(23)11-17(13-18)27-22(30)26-16-9-7-15(8-10-16)25-21(29)19-5-3-4-6-20(19)24/h3-13H,1-2H3,(H,25,29)(H2,26,27,30). The van der Waals surface area contributed by atoms with Crippen LogP contribution in [0.25, 0.3) is 0 Å². The van der Waals surface area contributed by atoms with Gasteiger partial charge in [0, 0.05) is 41.9 Å². The third-order valence-electron chi connectivity index (χ3n) is 4.18. The van der Waals surface area contributed by atoms with E-state index in [4.69, 9.17) is 23.8 Å². The first kappa shape index (κ1) is 21.5. The smallest absolute Gasteiger partial charge is 0.258 e. The van der Waals surface area contributed by atoms with E-state index in [0.29, 0.717) is 15.8 Å². The normalized spacial score (nSPS) is 10.3. The molecule has 0 unspecified atom stereocenters. The van der Waals surface area contributed by atoms with Gasteiger partial charge in [-0.25, -0.2) is 4.39 Å². The van der Waals surface area contributed by atoms with Crippen LogP contribution in [0.2, 0.25) is 5.02 Å². The Morgan fingerprint density at radius 1 is 0.900 bits per heavy atom. The molecule has 0 aliphatic heterocycles. The second-order valence-electron chi connectivity index (χ2n) is 6.68. The largest absolute Gasteiger partial charge is 0.378 e. The van der Waals surface area contributed by atoms with Crippen molar-refractivity contribution in [1.29, 1.82) is 0 Å². The van der Waals surface area contributed by atoms with Crippen molar-refractivity contribution in [2.24, 2.45) is 0 Å². The fraction of sp³-hybridized carbons (Fsp3) is 0.0909. The molecule has 0 spiro atoms. The number of rotatable bonds is 5. The minimum Gasteiger partial charge on any atom is -0.378 e. The topological polar surface area (TPSA) is 56.4 Å². The summed E-state index contributed by atoms with van der Waals surface area (Å²) >= 11 is 11.5. The molecule has 0 radical (unpaired) electrons. The highest BCUT2D eigenvalue weighted by molar-refractivity contribution is 7.80. The highest BCUT2D eigenvalue weighted by Gasteiger charge is 2.11. The number of hydrogen-bond acceptors (Lipinski definition) is 3. The van der Waals surface area contributed by atoms with E-state index in [9.17, 15) is 9.18 Å². The zero-order valence-corrected chi connectivity index (χ0v) is 17.9. The van der Waals surface area contributed by atoms with Crippen LogP contribution in [0.3, 0.4) is 0 Å². The van der Waals surface area contributed by atoms with E-state index < -0.39 is 11.7 Å². The zero-order valence-electron chi connectivity index (χ0n) is 16.4. The summed E-state index contributed by atoms with van der Waals surface area (Å²) < 4.78 is 13.7. The average molecular weight is 443 g/mol. The summed E-state index contributed by atoms with van der Waals surface area (Å²) in [5, 5.41) is 9.83. The Hall–Kier alpha value is -3.16. The molecule has 0 aliphatic rings. The summed E-state index contributed by atoms with van der Waals surface area (Å²) in [6.07, 6.45) is 0. The molecule has 0 aromatic heterocycles. The van der Waals surface area contributed by atoms with Crippen LogP contribution in [-0.2, 0) is 0 Å². The molecule has 5 nitrogen and oxygen atoms in total. The molecule has 1 amide bonds. The molecule has 0 aliphatic carbocycles. The van der Waals surface area contributed by atoms with Gasteiger partial charge in [0.2, 0.25) is 0 Å². The van der Waals surface area contributed by atoms with Crippen LogP contribution in [0.5, 0.6) is 0 Å². The maximum atomic E-state index is 13.7. The number of hydrogen-bond donors (Lipinski definition) is 3. The van der Waals surface area contributed by atoms with Gasteiger partial charge in [-0.1, -0.05) is 23.7 Å². The first-order chi connectivity index (χ1) is 14.3. The molecule has 154 valence electrons. The number of benzene rings is 3. The number of amides is 1. The number of anilines is 4. The van der Waals surface area contributed by atoms with Gasteiger partial charge >= 0.3 is 0 Å². The van der Waals surface area contributed by atoms with Gasteiger partial charge in [0.1, 0.15) is 5.82 Å². The Bertz CT molecular complexity index is 1070. The summed E-state index contributed by atoms with van der Waals surface area (Å²) in [6.45, 7) is 0. The van der Waals surface area contributed by atoms with Crippen molar-refractivity contribution in [2.45, 2.75) is 0 Å². The van der Waals surface area contributed by atoms with Gasteiger partial charge in [0.05, 0.1) is 5.56 Å². The van der Waals surface area contributed by atoms with E-state index in [2.05, 4.69) is 16.0 Å². The number of carbonyl (C=O) groups is 1. The fourth-order valence-corrected chi connectivity index (χ4v) is 3.14. The third kappa shape index (κ3) is 5.68. The Balaban J connectivity index is 1.61. The lowest BCUT2D eigenvalue weighted by Gasteiger charge is -2.16. The SMILES string of the molecule is CN(C)c1cc(Cl)cc(NC(=S)Nc2ccc(NC(=O)c3ccccc3F)cc2)c1. The van der Waals surface area contributed by atoms with Crippen LogP contribution in [0.4, 0.5) is 27.1 Å². The second kappa shape index (κ2) is 9.56. The highest BCUT2D eigenvalue weighted by Crippen LogP contribution is 2.24. The molecule has 3 aromatic rings. The van der Waals surface area contributed by atoms with Crippen LogP contribution in [0.1, 0.15) is 10.4 Å². The molecule has 0 bridgehead atoms. The van der Waals surface area contributed by atoms with Crippen LogP contribution in [0, 0.1) is 5.82 Å². The van der Waals surface area contributed by atoms with Crippen LogP contribution in [0.15, 0.2) is 66.7 Å². The molecular weight excluding hydrogens is 423 g/mol. The summed E-state index contributed by atoms with van der Waals surface area (Å²) in [7, 11) is 3.86. The molecule has 30 heavy (non-hydrogen) atoms. The van der Waals surface area contributed by atoms with E-state index in [1.165, 1.54) is 18.2 Å². The van der Waals surface area contributed by atoms with Crippen LogP contribution in [-0.4, -0.2) is 25.1 Å². The summed E-state index contributed by atoms with van der Waals surface area (Å²) in [4.78, 5) is 14.1. The van der Waals surface area contributed by atoms with Gasteiger partial charge in [0.15, 0.2) is 5.11 Å². The van der Waals surface area contributed by atoms with Crippen LogP contribution >= 0.6 is 23.8 Å². The van der Waals surface area contributed by atoms with Crippen molar-refractivity contribution in [3.63, 3.8) is 0 Å². The molecule has 0 heterocycles. The molecular formula is C22H20ClFN4OS. The molecule has 0 atom stereocenters. The van der Waals surface area contributed by atoms with E-state index in [0.717, 1.165) is 17.1 Å². The number of thiocarbonyl (C=S) groups is 1. The lowest BCUT2D eigenvalue weighted by atomic mass is 10.2. The van der Waals surface area contributed by atoms with Gasteiger partial charge in [-0.3, -0.25) is 4.79 Å². The molecule has 0 saturated heterocycles. The fourth-order valence-electron chi connectivity index (χ4n) is 2.68. The number of nitrogens with one attached hydrogen (secondary N) is 3. The predicted molar refractivity (Wildman–Crippen MR) is 126 cm³/mol. The lowest BCUT2D eigenvalue weighted by molar-refractivity contribution is 0.102. The molecule has 3 aromatic carbocycles. The van der Waals surface area contributed by atoms with Crippen molar-refractivity contribution in [1.82, 2.24) is 0 Å². The van der Waals surface area contributed by atoms with Crippen molar-refractivity contribution >= 4 is 57.6 Å². The molecule has 3 N–H and O–H groups in total. The number of nitrogens with zero attached hydrogens (tertiary/aromatic N) is 1. The Labute approximate surface area is 184 Å². The van der Waals surface area contributed by atoms with E-state index in [-0.39, 0.29) is 5.56 Å². The van der Waals surface area contributed by atoms with E-state index >= 15 is 0 Å². The van der Waals surface area contributed by atoms with Gasteiger partial charge in [-0.2, -0.15) is 0 Å². The summed E-state index contributed by atoms with van der Waals surface area (Å²) in [6, 6.07) is 18.3. The molecule has 0 fully saturated rings. The highest BCUT2D eigenvalue weighted by atomic mass is 35.5. The number of carbonyl (C=O) groups excluding carboxylic acids is 1. The van der Waals surface area contributed by atoms with Crippen molar-refractivity contribution in [3.8, 4) is 0 Å². The lowest BCUT2D eigenvalue weighted by Crippen LogP contribution is -2.19. The quantitative estimate of drug-likeness (QED) is 0.448. The Morgan fingerprint density at radius 3 is 2.13 bits per heavy atom. The van der Waals surface area contributed by atoms with E-state index in [1.807, 2.05) is 31.1 Å². The van der Waals surface area contributed by atoms with Crippen molar-refractivity contribution in [2.75, 3.05) is 34.9 Å². The first-order valence-electron chi connectivity index (χ1n) is 9.04. The Morgan fingerprint density at radius 2 is 1.50 bits per heavy atom. The van der Waals surface area contributed by atoms with Crippen molar-refractivity contribution in [3.05, 3.63) is 83.1 Å². The molecule has 3 rings (SSSR count). The Kier molecular flexibility index (Phi) is 6.87. The number of halogens is 2. The summed E-state index contributed by atoms with van der Waals surface area (Å²) in [5.41, 5.74) is 2.97. The minimum absolute atomic E-state index is 0.0105. The first-order valence-corrected chi connectivity index (χ1v) is 9.82. The maximum Gasteiger partial charge on any atom is 0.258 e. The zero-order chi connectivity index (χ0) is 21.7. The van der Waals surface area contributed by atoms with E-state index in [1.54, 1.807) is 36.4 Å². The van der Waals surface area contributed by atoms with Gasteiger partial charge < -0.3 is 20.9 Å². The monoisotopic (exact) mass is 442 g/mol. The van der Waals surface area contributed by atoms with Gasteiger partial charge in [-0.05, 0) is 66.8 Å². The molecule has 8 heteroatoms.